The van der Waals surface area contributed by atoms with E-state index in [1.54, 1.807) is 12.1 Å². The number of furan rings is 1. The molecule has 0 unspecified atom stereocenters. The largest absolute Gasteiger partial charge is 0.456 e. The van der Waals surface area contributed by atoms with Gasteiger partial charge in [0, 0.05) is 34.1 Å². The van der Waals surface area contributed by atoms with Crippen molar-refractivity contribution >= 4 is 55.2 Å². The van der Waals surface area contributed by atoms with Gasteiger partial charge in [0.25, 0.3) is 0 Å². The van der Waals surface area contributed by atoms with Crippen LogP contribution in [-0.4, -0.2) is 31.2 Å². The fourth-order valence-electron chi connectivity index (χ4n) is 4.06. The molecule has 31 heavy (non-hydrogen) atoms. The van der Waals surface area contributed by atoms with E-state index in [9.17, 15) is 13.2 Å². The van der Waals surface area contributed by atoms with Gasteiger partial charge >= 0.3 is 0 Å². The summed E-state index contributed by atoms with van der Waals surface area (Å²) in [6.07, 6.45) is 1.08. The van der Waals surface area contributed by atoms with Crippen LogP contribution in [0.25, 0.3) is 21.9 Å². The number of hydrogen-bond donors (Lipinski definition) is 1. The van der Waals surface area contributed by atoms with Gasteiger partial charge in [-0.05, 0) is 55.3 Å². The molecule has 1 aromatic heterocycles. The Bertz CT molecular complexity index is 1400. The quantitative estimate of drug-likeness (QED) is 0.469. The molecule has 1 aliphatic rings. The normalized spacial score (nSPS) is 17.4. The SMILES string of the molecule is O=C(Nc1ccc2c(c1)oc1ccccc12)[C@@H]1CCCN1S(=O)(=O)c1ccc(Cl)cc1. The topological polar surface area (TPSA) is 79.6 Å². The number of para-hydroxylation sites is 1. The molecule has 0 aliphatic carbocycles. The zero-order valence-electron chi connectivity index (χ0n) is 16.4. The second kappa shape index (κ2) is 7.67. The van der Waals surface area contributed by atoms with Crippen LogP contribution in [0.5, 0.6) is 0 Å². The third-order valence-electron chi connectivity index (χ3n) is 5.57. The van der Waals surface area contributed by atoms with Gasteiger partial charge in [-0.2, -0.15) is 4.31 Å². The predicted octanol–water partition coefficient (Wildman–Crippen LogP) is 5.03. The van der Waals surface area contributed by atoms with E-state index in [-0.39, 0.29) is 10.8 Å². The third-order valence-corrected chi connectivity index (χ3v) is 7.75. The Morgan fingerprint density at radius 1 is 1.00 bits per heavy atom. The molecule has 8 heteroatoms. The number of anilines is 1. The van der Waals surface area contributed by atoms with Crippen molar-refractivity contribution in [2.45, 2.75) is 23.8 Å². The van der Waals surface area contributed by atoms with Gasteiger partial charge in [-0.25, -0.2) is 8.42 Å². The monoisotopic (exact) mass is 454 g/mol. The maximum absolute atomic E-state index is 13.1. The first-order valence-corrected chi connectivity index (χ1v) is 11.7. The fourth-order valence-corrected chi connectivity index (χ4v) is 5.84. The van der Waals surface area contributed by atoms with Gasteiger partial charge in [0.2, 0.25) is 15.9 Å². The zero-order valence-corrected chi connectivity index (χ0v) is 18.0. The summed E-state index contributed by atoms with van der Waals surface area (Å²) >= 11 is 5.88. The summed E-state index contributed by atoms with van der Waals surface area (Å²) in [5.41, 5.74) is 2.00. The molecule has 1 fully saturated rings. The highest BCUT2D eigenvalue weighted by molar-refractivity contribution is 7.89. The van der Waals surface area contributed by atoms with E-state index in [0.717, 1.165) is 16.4 Å². The standard InChI is InChI=1S/C23H19ClN2O4S/c24-15-7-10-17(11-8-15)31(28,29)26-13-3-5-20(26)23(27)25-16-9-12-19-18-4-1-2-6-21(18)30-22(19)14-16/h1-2,4,6-12,14,20H,3,5,13H2,(H,25,27)/t20-/m0/s1. The number of halogens is 1. The summed E-state index contributed by atoms with van der Waals surface area (Å²) in [7, 11) is -3.80. The first-order chi connectivity index (χ1) is 14.9. The molecule has 4 aromatic rings. The van der Waals surface area contributed by atoms with E-state index < -0.39 is 16.1 Å². The van der Waals surface area contributed by atoms with Crippen molar-refractivity contribution in [1.82, 2.24) is 4.31 Å². The minimum atomic E-state index is -3.80. The minimum absolute atomic E-state index is 0.125. The maximum Gasteiger partial charge on any atom is 0.243 e. The van der Waals surface area contributed by atoms with Crippen molar-refractivity contribution in [3.8, 4) is 0 Å². The summed E-state index contributed by atoms with van der Waals surface area (Å²) in [5.74, 6) is -0.356. The van der Waals surface area contributed by atoms with E-state index in [4.69, 9.17) is 16.0 Å². The van der Waals surface area contributed by atoms with Gasteiger partial charge in [-0.15, -0.1) is 0 Å². The van der Waals surface area contributed by atoms with Crippen LogP contribution in [0.3, 0.4) is 0 Å². The number of amides is 1. The molecular weight excluding hydrogens is 436 g/mol. The molecule has 1 amide bonds. The van der Waals surface area contributed by atoms with Crippen LogP contribution in [0.1, 0.15) is 12.8 Å². The van der Waals surface area contributed by atoms with Crippen LogP contribution in [0.2, 0.25) is 5.02 Å². The number of rotatable bonds is 4. The van der Waals surface area contributed by atoms with E-state index in [1.807, 2.05) is 30.3 Å². The Kier molecular flexibility index (Phi) is 4.97. The molecule has 1 saturated heterocycles. The predicted molar refractivity (Wildman–Crippen MR) is 121 cm³/mol. The molecule has 5 rings (SSSR count). The number of nitrogens with zero attached hydrogens (tertiary/aromatic N) is 1. The van der Waals surface area contributed by atoms with Crippen molar-refractivity contribution in [2.24, 2.45) is 0 Å². The number of carbonyl (C=O) groups is 1. The average molecular weight is 455 g/mol. The molecule has 158 valence electrons. The molecule has 2 heterocycles. The summed E-state index contributed by atoms with van der Waals surface area (Å²) < 4.78 is 33.3. The Morgan fingerprint density at radius 3 is 2.55 bits per heavy atom. The molecule has 0 saturated carbocycles. The summed E-state index contributed by atoms with van der Waals surface area (Å²) in [6.45, 7) is 0.297. The number of hydrogen-bond acceptors (Lipinski definition) is 4. The molecule has 0 bridgehead atoms. The highest BCUT2D eigenvalue weighted by atomic mass is 35.5. The lowest BCUT2D eigenvalue weighted by Crippen LogP contribution is -2.43. The second-order valence-corrected chi connectivity index (χ2v) is 9.85. The van der Waals surface area contributed by atoms with Crippen LogP contribution in [0.4, 0.5) is 5.69 Å². The average Bonchev–Trinajstić information content (AvgIpc) is 3.39. The van der Waals surface area contributed by atoms with Gasteiger partial charge in [0.05, 0.1) is 4.90 Å². The number of nitrogens with one attached hydrogen (secondary N) is 1. The third kappa shape index (κ3) is 3.59. The first kappa shape index (κ1) is 20.1. The Hall–Kier alpha value is -2.87. The second-order valence-electron chi connectivity index (χ2n) is 7.53. The maximum atomic E-state index is 13.1. The van der Waals surface area contributed by atoms with Gasteiger partial charge < -0.3 is 9.73 Å². The molecule has 1 N–H and O–H groups in total. The van der Waals surface area contributed by atoms with Gasteiger partial charge in [-0.3, -0.25) is 4.79 Å². The van der Waals surface area contributed by atoms with Crippen molar-refractivity contribution < 1.29 is 17.6 Å². The summed E-state index contributed by atoms with van der Waals surface area (Å²) in [4.78, 5) is 13.1. The van der Waals surface area contributed by atoms with Crippen LogP contribution >= 0.6 is 11.6 Å². The summed E-state index contributed by atoms with van der Waals surface area (Å²) in [5, 5.41) is 5.28. The molecule has 0 spiro atoms. The van der Waals surface area contributed by atoms with Crippen LogP contribution in [0, 0.1) is 0 Å². The van der Waals surface area contributed by atoms with E-state index in [2.05, 4.69) is 5.32 Å². The molecular formula is C23H19ClN2O4S. The molecule has 1 aliphatic heterocycles. The van der Waals surface area contributed by atoms with Gasteiger partial charge in [0.15, 0.2) is 0 Å². The molecule has 6 nitrogen and oxygen atoms in total. The van der Waals surface area contributed by atoms with E-state index in [0.29, 0.717) is 35.7 Å². The molecule has 1 atom stereocenters. The van der Waals surface area contributed by atoms with Crippen molar-refractivity contribution in [3.63, 3.8) is 0 Å². The van der Waals surface area contributed by atoms with Crippen LogP contribution < -0.4 is 5.32 Å². The van der Waals surface area contributed by atoms with Crippen molar-refractivity contribution in [3.05, 3.63) is 71.8 Å². The Labute approximate surface area is 184 Å². The van der Waals surface area contributed by atoms with E-state index in [1.165, 1.54) is 28.6 Å². The number of benzene rings is 3. The fraction of sp³-hybridized carbons (Fsp3) is 0.174. The lowest BCUT2D eigenvalue weighted by atomic mass is 10.1. The Morgan fingerprint density at radius 2 is 1.74 bits per heavy atom. The zero-order chi connectivity index (χ0) is 21.6. The van der Waals surface area contributed by atoms with Crippen molar-refractivity contribution in [2.75, 3.05) is 11.9 Å². The minimum Gasteiger partial charge on any atom is -0.456 e. The highest BCUT2D eigenvalue weighted by Gasteiger charge is 2.39. The smallest absolute Gasteiger partial charge is 0.243 e. The highest BCUT2D eigenvalue weighted by Crippen LogP contribution is 2.31. The molecule has 0 radical (unpaired) electrons. The Balaban J connectivity index is 1.40. The van der Waals surface area contributed by atoms with Crippen LogP contribution in [0.15, 0.2) is 76.0 Å². The lowest BCUT2D eigenvalue weighted by molar-refractivity contribution is -0.119. The first-order valence-electron chi connectivity index (χ1n) is 9.93. The molecule has 3 aromatic carbocycles. The van der Waals surface area contributed by atoms with Gasteiger partial charge in [-0.1, -0.05) is 29.8 Å². The lowest BCUT2D eigenvalue weighted by Gasteiger charge is -2.23. The van der Waals surface area contributed by atoms with Crippen molar-refractivity contribution in [1.29, 1.82) is 0 Å². The number of carbonyl (C=O) groups excluding carboxylic acids is 1. The van der Waals surface area contributed by atoms with Crippen LogP contribution in [-0.2, 0) is 14.8 Å². The summed E-state index contributed by atoms with van der Waals surface area (Å²) in [6, 6.07) is 18.4. The number of sulfonamides is 1. The number of fused-ring (bicyclic) bond motifs is 3. The van der Waals surface area contributed by atoms with Gasteiger partial charge in [0.1, 0.15) is 17.2 Å². The van der Waals surface area contributed by atoms with E-state index >= 15 is 0 Å².